The van der Waals surface area contributed by atoms with Crippen molar-refractivity contribution in [3.63, 3.8) is 0 Å². The molecule has 0 saturated carbocycles. The highest BCUT2D eigenvalue weighted by Crippen LogP contribution is 2.27. The fraction of sp³-hybridized carbons (Fsp3) is 0.250. The zero-order valence-corrected chi connectivity index (χ0v) is 22.1. The van der Waals surface area contributed by atoms with Gasteiger partial charge in [-0.1, -0.05) is 32.4 Å². The Balaban J connectivity index is 1.42. The van der Waals surface area contributed by atoms with Crippen LogP contribution in [-0.4, -0.2) is 41.7 Å². The highest BCUT2D eigenvalue weighted by Gasteiger charge is 2.22. The summed E-state index contributed by atoms with van der Waals surface area (Å²) in [6, 6.07) is 4.72. The van der Waals surface area contributed by atoms with Crippen molar-refractivity contribution in [1.82, 2.24) is 35.2 Å². The Kier molecular flexibility index (Phi) is 7.69. The SMILES string of the molecule is CC(NC(=O)c1ncnc(Nc2ccncc2)c1Cl)c1ncc(C(=O)Nc2cc(C(C)(C)C)ncn2)s1. The van der Waals surface area contributed by atoms with Crippen LogP contribution < -0.4 is 16.0 Å². The number of rotatable bonds is 7. The first-order chi connectivity index (χ1) is 17.6. The van der Waals surface area contributed by atoms with Crippen LogP contribution in [0.4, 0.5) is 17.3 Å². The maximum atomic E-state index is 12.9. The first-order valence-corrected chi connectivity index (χ1v) is 12.4. The standard InChI is InChI=1S/C24H24ClN9O2S/c1-13(32-22(36)19-18(25)20(31-12-30-19)33-14-5-7-26-8-6-14)23-27-10-15(37-23)21(35)34-17-9-16(24(2,3)4)28-11-29-17/h5-13H,1-4H3,(H,32,36)(H,26,30,31,33)(H,28,29,34,35). The molecule has 2 amide bonds. The molecule has 1 atom stereocenters. The number of anilines is 3. The van der Waals surface area contributed by atoms with Crippen molar-refractivity contribution in [3.8, 4) is 0 Å². The molecule has 0 radical (unpaired) electrons. The number of amides is 2. The number of hydrogen-bond acceptors (Lipinski definition) is 10. The minimum absolute atomic E-state index is 0.00742. The molecule has 4 aromatic rings. The number of aromatic nitrogens is 6. The second kappa shape index (κ2) is 10.9. The van der Waals surface area contributed by atoms with Gasteiger partial charge in [-0.3, -0.25) is 14.6 Å². The predicted octanol–water partition coefficient (Wildman–Crippen LogP) is 4.56. The van der Waals surface area contributed by atoms with E-state index in [1.165, 1.54) is 18.9 Å². The third-order valence-electron chi connectivity index (χ3n) is 5.09. The molecule has 0 spiro atoms. The zero-order valence-electron chi connectivity index (χ0n) is 20.5. The molecule has 11 nitrogen and oxygen atoms in total. The van der Waals surface area contributed by atoms with Gasteiger partial charge >= 0.3 is 0 Å². The number of carbonyl (C=O) groups is 2. The van der Waals surface area contributed by atoms with Crippen LogP contribution in [0.3, 0.4) is 0 Å². The van der Waals surface area contributed by atoms with Gasteiger partial charge in [0.05, 0.1) is 17.9 Å². The summed E-state index contributed by atoms with van der Waals surface area (Å²) in [5.41, 5.74) is 1.34. The first-order valence-electron chi connectivity index (χ1n) is 11.2. The number of nitrogens with zero attached hydrogens (tertiary/aromatic N) is 6. The van der Waals surface area contributed by atoms with Crippen LogP contribution in [0.2, 0.25) is 5.02 Å². The van der Waals surface area contributed by atoms with Crippen LogP contribution in [0.1, 0.15) is 64.6 Å². The highest BCUT2D eigenvalue weighted by molar-refractivity contribution is 7.13. The van der Waals surface area contributed by atoms with E-state index in [0.29, 0.717) is 21.4 Å². The maximum Gasteiger partial charge on any atom is 0.272 e. The Hall–Kier alpha value is -4.03. The van der Waals surface area contributed by atoms with Gasteiger partial charge in [0, 0.05) is 29.6 Å². The highest BCUT2D eigenvalue weighted by atomic mass is 35.5. The van der Waals surface area contributed by atoms with Gasteiger partial charge in [0.2, 0.25) is 0 Å². The molecule has 0 fully saturated rings. The number of thiazole rings is 1. The van der Waals surface area contributed by atoms with E-state index in [4.69, 9.17) is 11.6 Å². The lowest BCUT2D eigenvalue weighted by Gasteiger charge is -2.17. The van der Waals surface area contributed by atoms with Gasteiger partial charge in [0.1, 0.15) is 33.4 Å². The Morgan fingerprint density at radius 3 is 2.46 bits per heavy atom. The van der Waals surface area contributed by atoms with Crippen molar-refractivity contribution >= 4 is 52.1 Å². The average Bonchev–Trinajstić information content (AvgIpc) is 3.36. The Bertz CT molecular complexity index is 1420. The van der Waals surface area contributed by atoms with Gasteiger partial charge in [-0.15, -0.1) is 11.3 Å². The molecule has 0 saturated heterocycles. The summed E-state index contributed by atoms with van der Waals surface area (Å²) < 4.78 is 0. The van der Waals surface area contributed by atoms with E-state index < -0.39 is 11.9 Å². The van der Waals surface area contributed by atoms with Gasteiger partial charge in [0.15, 0.2) is 11.5 Å². The van der Waals surface area contributed by atoms with E-state index >= 15 is 0 Å². The van der Waals surface area contributed by atoms with Crippen LogP contribution in [0.25, 0.3) is 0 Å². The van der Waals surface area contributed by atoms with E-state index in [9.17, 15) is 9.59 Å². The summed E-state index contributed by atoms with van der Waals surface area (Å²) in [5, 5.41) is 9.23. The smallest absolute Gasteiger partial charge is 0.272 e. The number of carbonyl (C=O) groups excluding carboxylic acids is 2. The summed E-state index contributed by atoms with van der Waals surface area (Å²) in [6.07, 6.45) is 7.36. The first kappa shape index (κ1) is 26.0. The molecule has 1 unspecified atom stereocenters. The Morgan fingerprint density at radius 2 is 1.73 bits per heavy atom. The van der Waals surface area contributed by atoms with Crippen molar-refractivity contribution in [3.05, 3.63) is 75.7 Å². The molecule has 4 aromatic heterocycles. The lowest BCUT2D eigenvalue weighted by atomic mass is 9.92. The van der Waals surface area contributed by atoms with Crippen molar-refractivity contribution in [1.29, 1.82) is 0 Å². The molecule has 0 aliphatic heterocycles. The Labute approximate surface area is 222 Å². The zero-order chi connectivity index (χ0) is 26.6. The fourth-order valence-corrected chi connectivity index (χ4v) is 4.17. The van der Waals surface area contributed by atoms with Crippen LogP contribution in [0.5, 0.6) is 0 Å². The average molecular weight is 538 g/mol. The fourth-order valence-electron chi connectivity index (χ4n) is 3.12. The molecule has 4 rings (SSSR count). The number of nitrogens with one attached hydrogen (secondary N) is 3. The summed E-state index contributed by atoms with van der Waals surface area (Å²) in [7, 11) is 0. The second-order valence-corrected chi connectivity index (χ2v) is 10.4. The number of halogens is 1. The lowest BCUT2D eigenvalue weighted by molar-refractivity contribution is 0.0934. The van der Waals surface area contributed by atoms with Crippen molar-refractivity contribution in [2.75, 3.05) is 10.6 Å². The normalized spacial score (nSPS) is 12.0. The molecule has 13 heteroatoms. The topological polar surface area (TPSA) is 148 Å². The van der Waals surface area contributed by atoms with Crippen molar-refractivity contribution in [2.24, 2.45) is 0 Å². The molecule has 190 valence electrons. The number of pyridine rings is 1. The molecule has 4 heterocycles. The third-order valence-corrected chi connectivity index (χ3v) is 6.63. The molecule has 37 heavy (non-hydrogen) atoms. The van der Waals surface area contributed by atoms with E-state index in [1.807, 2.05) is 20.8 Å². The quantitative estimate of drug-likeness (QED) is 0.308. The van der Waals surface area contributed by atoms with Gasteiger partial charge in [-0.25, -0.2) is 24.9 Å². The van der Waals surface area contributed by atoms with Gasteiger partial charge in [-0.05, 0) is 19.1 Å². The number of hydrogen-bond donors (Lipinski definition) is 3. The largest absolute Gasteiger partial charge is 0.342 e. The molecular formula is C24H24ClN9O2S. The summed E-state index contributed by atoms with van der Waals surface area (Å²) in [4.78, 5) is 50.8. The second-order valence-electron chi connectivity index (χ2n) is 9.00. The van der Waals surface area contributed by atoms with Crippen LogP contribution in [0.15, 0.2) is 49.4 Å². The van der Waals surface area contributed by atoms with E-state index in [-0.39, 0.29) is 27.9 Å². The molecular weight excluding hydrogens is 514 g/mol. The van der Waals surface area contributed by atoms with Crippen LogP contribution in [-0.2, 0) is 5.41 Å². The van der Waals surface area contributed by atoms with Crippen molar-refractivity contribution in [2.45, 2.75) is 39.2 Å². The lowest BCUT2D eigenvalue weighted by Crippen LogP contribution is -2.28. The molecule has 0 aliphatic rings. The van der Waals surface area contributed by atoms with E-state index in [0.717, 1.165) is 17.0 Å². The van der Waals surface area contributed by atoms with Crippen LogP contribution >= 0.6 is 22.9 Å². The third kappa shape index (κ3) is 6.40. The minimum Gasteiger partial charge on any atom is -0.342 e. The van der Waals surface area contributed by atoms with Gasteiger partial charge < -0.3 is 16.0 Å². The van der Waals surface area contributed by atoms with Crippen LogP contribution in [0, 0.1) is 0 Å². The van der Waals surface area contributed by atoms with E-state index in [2.05, 4.69) is 45.9 Å². The van der Waals surface area contributed by atoms with Crippen molar-refractivity contribution < 1.29 is 9.59 Å². The molecule has 3 N–H and O–H groups in total. The molecule has 0 aliphatic carbocycles. The summed E-state index contributed by atoms with van der Waals surface area (Å²) in [5.74, 6) is -0.176. The summed E-state index contributed by atoms with van der Waals surface area (Å²) >= 11 is 7.56. The molecule has 0 aromatic carbocycles. The minimum atomic E-state index is -0.506. The van der Waals surface area contributed by atoms with Gasteiger partial charge in [-0.2, -0.15) is 0 Å². The monoisotopic (exact) mass is 537 g/mol. The molecule has 0 bridgehead atoms. The van der Waals surface area contributed by atoms with Gasteiger partial charge in [0.25, 0.3) is 11.8 Å². The Morgan fingerprint density at radius 1 is 1.00 bits per heavy atom. The maximum absolute atomic E-state index is 12.9. The summed E-state index contributed by atoms with van der Waals surface area (Å²) in [6.45, 7) is 7.83. The van der Waals surface area contributed by atoms with E-state index in [1.54, 1.807) is 37.5 Å². The predicted molar refractivity (Wildman–Crippen MR) is 141 cm³/mol.